The van der Waals surface area contributed by atoms with E-state index in [9.17, 15) is 0 Å². The third-order valence-electron chi connectivity index (χ3n) is 33.6. The van der Waals surface area contributed by atoms with Crippen LogP contribution in [0.25, 0.3) is 33.9 Å². The lowest BCUT2D eigenvalue weighted by atomic mass is 9.67. The van der Waals surface area contributed by atoms with E-state index in [1.54, 1.807) is 6.20 Å². The Kier molecular flexibility index (Phi) is 27.4. The zero-order chi connectivity index (χ0) is 92.0. The van der Waals surface area contributed by atoms with E-state index in [4.69, 9.17) is 43.9 Å². The number of ether oxygens (including phenoxy) is 2. The Balaban J connectivity index is 0.000000102. The molecule has 6 spiro atoms. The molecule has 20 heterocycles. The van der Waals surface area contributed by atoms with Gasteiger partial charge in [-0.1, -0.05) is 26.7 Å². The maximum absolute atomic E-state index is 6.62. The molecule has 24 rings (SSSR count). The zero-order valence-corrected chi connectivity index (χ0v) is 88.0. The van der Waals surface area contributed by atoms with Crippen molar-refractivity contribution < 1.29 is 9.47 Å². The number of anilines is 6. The highest BCUT2D eigenvalue weighted by Crippen LogP contribution is 2.55. The second-order valence-electron chi connectivity index (χ2n) is 41.0. The molecule has 8 aliphatic heterocycles. The molecule has 38 heteroatoms. The summed E-state index contributed by atoms with van der Waals surface area (Å²) in [5.41, 5.74) is 46.3. The van der Waals surface area contributed by atoms with E-state index in [0.717, 1.165) is 242 Å². The van der Waals surface area contributed by atoms with Crippen molar-refractivity contribution in [3.05, 3.63) is 136 Å². The molecule has 32 nitrogen and oxygen atoms in total. The molecule has 0 amide bonds. The Bertz CT molecular complexity index is 5500. The smallest absolute Gasteiger partial charge is 0.211 e. The van der Waals surface area contributed by atoms with Gasteiger partial charge in [-0.15, -0.1) is 0 Å². The van der Waals surface area contributed by atoms with E-state index in [-0.39, 0.29) is 46.2 Å². The molecule has 12 aliphatic rings. The topological polar surface area (TPSA) is 375 Å². The fourth-order valence-corrected chi connectivity index (χ4v) is 28.0. The van der Waals surface area contributed by atoms with Crippen LogP contribution in [0.4, 0.5) is 35.7 Å². The van der Waals surface area contributed by atoms with Crippen LogP contribution >= 0.6 is 116 Å². The van der Waals surface area contributed by atoms with Crippen molar-refractivity contribution in [1.29, 1.82) is 0 Å². The molecule has 12 aromatic rings. The van der Waals surface area contributed by atoms with E-state index in [1.165, 1.54) is 96.3 Å². The fraction of sp³-hybridized carbons (Fsp3) is 0.617. The molecule has 12 N–H and O–H groups in total. The van der Waals surface area contributed by atoms with Gasteiger partial charge in [0.05, 0.1) is 49.6 Å². The molecule has 8 saturated heterocycles. The Hall–Kier alpha value is -6.17. The third-order valence-corrected chi connectivity index (χ3v) is 37.5. The number of nitrogens with two attached hydrogens (primary N) is 6. The predicted octanol–water partition coefficient (Wildman–Crippen LogP) is 14.8. The molecular formula is C94H128Br3I3N30O2. The standard InChI is InChI=1S/2C16H22BrN5.2C16H22IN5.C15H20BrN5O.C15H20IN5O/c1-11-8-13(18)16(9-11)2-5-21(6-3-16)15-20-10-12(17)14-19-4-7-22(14)15;1-15(18)3-2-4-16(15)5-8-21(9-6-16)14-20-11-12(17)13-19-7-10-22(13)14;1-11-8-13(18)16(9-11)2-5-21(6-3-16)15-20-10-12(17)14-19-4-7-22(14)15;1-15(18)3-2-4-16(15)5-8-21(9-6-16)14-20-11-12(17)13-19-7-10-22(13)14;2*1-10-12(17)15(9-22-10)2-5-20(6-3-15)14-19-8-11(16)13-18-4-7-21(13)14/h4,7,10-11,13H,2-3,5-6,8-9,18H2,1H3;7,10-11H,2-6,8-9,18H2,1H3;4,7,10-11,13H,2-3,5-6,8-9,18H2,1H3;7,10-11H,2-6,8-9,18H2,1H3;2*4,7-8,10,12H,2-3,5-6,9,17H2,1H3/t11-,13+;;11-,13+;;2*10-,12-/m0.0.11/s1. The summed E-state index contributed by atoms with van der Waals surface area (Å²) in [4.78, 5) is 68.5. The van der Waals surface area contributed by atoms with E-state index in [1.807, 2.05) is 110 Å². The average Bonchev–Trinajstić information content (AvgIpc) is 1.56. The maximum Gasteiger partial charge on any atom is 0.211 e. The van der Waals surface area contributed by atoms with Gasteiger partial charge in [0.25, 0.3) is 0 Å². The monoisotopic (exact) mass is 2330 g/mol. The number of hydrogen-bond donors (Lipinski definition) is 6. The number of rotatable bonds is 6. The van der Waals surface area contributed by atoms with Gasteiger partial charge in [0.1, 0.15) is 0 Å². The summed E-state index contributed by atoms with van der Waals surface area (Å²) in [5.74, 6) is 7.48. The van der Waals surface area contributed by atoms with Crippen LogP contribution in [0.5, 0.6) is 0 Å². The summed E-state index contributed by atoms with van der Waals surface area (Å²) in [7, 11) is 0. The van der Waals surface area contributed by atoms with E-state index in [2.05, 4.69) is 268 Å². The molecule has 12 fully saturated rings. The van der Waals surface area contributed by atoms with Crippen LogP contribution in [0.15, 0.2) is 125 Å². The van der Waals surface area contributed by atoms with Gasteiger partial charge >= 0.3 is 0 Å². The van der Waals surface area contributed by atoms with Gasteiger partial charge in [-0.2, -0.15) is 0 Å². The summed E-state index contributed by atoms with van der Waals surface area (Å²) in [5, 5.41) is 0. The summed E-state index contributed by atoms with van der Waals surface area (Å²) >= 11 is 17.4. The van der Waals surface area contributed by atoms with E-state index >= 15 is 0 Å². The van der Waals surface area contributed by atoms with Crippen LogP contribution < -0.4 is 63.8 Å². The molecule has 4 aliphatic carbocycles. The number of hydrogen-bond acceptors (Lipinski definition) is 26. The summed E-state index contributed by atoms with van der Waals surface area (Å²) in [6.07, 6.45) is 60.5. The van der Waals surface area contributed by atoms with Crippen LogP contribution in [-0.4, -0.2) is 225 Å². The molecule has 0 bridgehead atoms. The Labute approximate surface area is 838 Å². The summed E-state index contributed by atoms with van der Waals surface area (Å²) < 4.78 is 30.1. The van der Waals surface area contributed by atoms with Crippen LogP contribution in [0.3, 0.4) is 0 Å². The van der Waals surface area contributed by atoms with E-state index in [0.29, 0.717) is 33.7 Å². The van der Waals surface area contributed by atoms with Gasteiger partial charge in [-0.25, -0.2) is 59.8 Å². The molecule has 10 atom stereocenters. The quantitative estimate of drug-likeness (QED) is 0.0842. The summed E-state index contributed by atoms with van der Waals surface area (Å²) in [6, 6.07) is 1.03. The van der Waals surface area contributed by atoms with Crippen molar-refractivity contribution in [1.82, 2.24) is 86.2 Å². The van der Waals surface area contributed by atoms with Gasteiger partial charge in [-0.05, 0) is 305 Å². The minimum atomic E-state index is -0.00341. The Morgan fingerprint density at radius 2 is 0.553 bits per heavy atom. The van der Waals surface area contributed by atoms with Crippen molar-refractivity contribution in [3.63, 3.8) is 0 Å². The molecule has 132 heavy (non-hydrogen) atoms. The minimum absolute atomic E-state index is 0.00289. The molecule has 0 aromatic carbocycles. The highest BCUT2D eigenvalue weighted by Gasteiger charge is 2.55. The molecule has 708 valence electrons. The van der Waals surface area contributed by atoms with Crippen molar-refractivity contribution in [2.75, 3.05) is 121 Å². The van der Waals surface area contributed by atoms with Crippen molar-refractivity contribution >= 4 is 185 Å². The van der Waals surface area contributed by atoms with Gasteiger partial charge in [-0.3, -0.25) is 26.4 Å². The summed E-state index contributed by atoms with van der Waals surface area (Å²) in [6.45, 7) is 27.0. The van der Waals surface area contributed by atoms with Crippen LogP contribution in [-0.2, 0) is 9.47 Å². The fourth-order valence-electron chi connectivity index (χ4n) is 25.2. The number of nitrogens with zero attached hydrogens (tertiary/aromatic N) is 24. The lowest BCUT2D eigenvalue weighted by Gasteiger charge is -2.47. The number of imidazole rings is 6. The molecule has 12 aromatic heterocycles. The molecule has 0 radical (unpaired) electrons. The van der Waals surface area contributed by atoms with Gasteiger partial charge in [0.2, 0.25) is 35.7 Å². The van der Waals surface area contributed by atoms with Gasteiger partial charge in [0, 0.05) is 236 Å². The Morgan fingerprint density at radius 3 is 0.780 bits per heavy atom. The zero-order valence-electron chi connectivity index (χ0n) is 76.7. The first-order valence-electron chi connectivity index (χ1n) is 47.6. The van der Waals surface area contributed by atoms with Gasteiger partial charge < -0.3 is 73.3 Å². The second-order valence-corrected chi connectivity index (χ2v) is 47.1. The molecule has 4 saturated carbocycles. The largest absolute Gasteiger partial charge is 0.376 e. The molecule has 2 unspecified atom stereocenters. The number of halogens is 6. The van der Waals surface area contributed by atoms with Crippen LogP contribution in [0, 0.1) is 55.0 Å². The lowest BCUT2D eigenvalue weighted by molar-refractivity contribution is 0.0972. The van der Waals surface area contributed by atoms with Crippen LogP contribution in [0.1, 0.15) is 183 Å². The van der Waals surface area contributed by atoms with Crippen molar-refractivity contribution in [2.24, 2.45) is 78.7 Å². The first-order chi connectivity index (χ1) is 63.4. The predicted molar refractivity (Wildman–Crippen MR) is 555 cm³/mol. The maximum atomic E-state index is 6.62. The first-order valence-corrected chi connectivity index (χ1v) is 53.2. The number of aromatic nitrogens is 18. The number of fused-ring (bicyclic) bond motifs is 6. The average molecular weight is 2330 g/mol. The van der Waals surface area contributed by atoms with Crippen LogP contribution in [0.2, 0.25) is 0 Å². The van der Waals surface area contributed by atoms with Crippen molar-refractivity contribution in [3.8, 4) is 0 Å². The lowest BCUT2D eigenvalue weighted by Crippen LogP contribution is -2.54. The Morgan fingerprint density at radius 1 is 0.318 bits per heavy atom. The van der Waals surface area contributed by atoms with E-state index < -0.39 is 0 Å². The molecular weight excluding hydrogens is 2200 g/mol. The van der Waals surface area contributed by atoms with Crippen molar-refractivity contribution in [2.45, 2.75) is 230 Å². The first kappa shape index (κ1) is 94.8. The SMILES string of the molecule is CC1(N)CCCC12CCN(c1ncc(Br)c3nccn13)CC2.CC1(N)CCCC12CCN(c1ncc(I)c3nccn13)CC2.C[C@H]1C[C@@H](N)C2(CCN(c3ncc(Br)c4nccn34)CC2)C1.C[C@H]1C[C@@H](N)C2(CCN(c3ncc(I)c4nccn34)CC2)C1.C[C@H]1OCC2(CCN(c3ncc(Br)c4nccn34)CC2)[C@@H]1N.C[C@H]1OCC2(CCN(c3ncc(I)c4nccn34)CC2)[C@@H]1N. The number of piperidine rings is 6. The normalized spacial score (nSPS) is 27.9. The highest BCUT2D eigenvalue weighted by atomic mass is 127. The minimum Gasteiger partial charge on any atom is -0.376 e. The third kappa shape index (κ3) is 17.8. The highest BCUT2D eigenvalue weighted by molar-refractivity contribution is 14.1. The second kappa shape index (κ2) is 38.2. The van der Waals surface area contributed by atoms with Gasteiger partial charge in [0.15, 0.2) is 33.9 Å².